The monoisotopic (exact) mass is 227 g/mol. The molecule has 3 N–H and O–H groups in total. The smallest absolute Gasteiger partial charge is 0.0752 e. The zero-order chi connectivity index (χ0) is 11.8. The fourth-order valence-corrected chi connectivity index (χ4v) is 3.36. The number of aliphatic hydroxyl groups is 2. The van der Waals surface area contributed by atoms with Crippen molar-refractivity contribution in [3.8, 4) is 0 Å². The largest absolute Gasteiger partial charge is 0.396 e. The van der Waals surface area contributed by atoms with E-state index >= 15 is 0 Å². The molecule has 2 aliphatic rings. The zero-order valence-electron chi connectivity index (χ0n) is 10.5. The number of hydrogen-bond donors (Lipinski definition) is 3. The molecule has 1 saturated carbocycles. The summed E-state index contributed by atoms with van der Waals surface area (Å²) in [5.74, 6) is 1.25. The zero-order valence-corrected chi connectivity index (χ0v) is 10.5. The Labute approximate surface area is 98.2 Å². The van der Waals surface area contributed by atoms with Crippen LogP contribution in [0, 0.1) is 17.3 Å². The summed E-state index contributed by atoms with van der Waals surface area (Å²) in [5, 5.41) is 23.6. The molecule has 1 aliphatic heterocycles. The molecule has 2 atom stereocenters. The molecule has 2 unspecified atom stereocenters. The highest BCUT2D eigenvalue weighted by Gasteiger charge is 2.55. The lowest BCUT2D eigenvalue weighted by molar-refractivity contribution is -0.165. The summed E-state index contributed by atoms with van der Waals surface area (Å²) in [6.45, 7) is 6.12. The van der Waals surface area contributed by atoms with E-state index in [1.165, 1.54) is 6.42 Å². The third kappa shape index (κ3) is 1.79. The van der Waals surface area contributed by atoms with Crippen LogP contribution in [0.1, 0.15) is 39.5 Å². The van der Waals surface area contributed by atoms with E-state index in [0.29, 0.717) is 11.8 Å². The molecule has 3 heteroatoms. The Bertz CT molecular complexity index is 245. The van der Waals surface area contributed by atoms with Gasteiger partial charge in [0.25, 0.3) is 0 Å². The first-order valence-electron chi connectivity index (χ1n) is 6.57. The third-order valence-corrected chi connectivity index (χ3v) is 4.92. The lowest BCUT2D eigenvalue weighted by Crippen LogP contribution is -2.69. The molecule has 3 nitrogen and oxygen atoms in total. The summed E-state index contributed by atoms with van der Waals surface area (Å²) in [7, 11) is 0. The molecule has 0 amide bonds. The normalized spacial score (nSPS) is 38.4. The summed E-state index contributed by atoms with van der Waals surface area (Å²) in [6.07, 6.45) is 4.06. The highest BCUT2D eigenvalue weighted by Crippen LogP contribution is 2.47. The van der Waals surface area contributed by atoms with Crippen LogP contribution < -0.4 is 5.32 Å². The van der Waals surface area contributed by atoms with Gasteiger partial charge in [0.2, 0.25) is 0 Å². The Hall–Kier alpha value is -0.120. The van der Waals surface area contributed by atoms with Crippen LogP contribution in [0.25, 0.3) is 0 Å². The average Bonchev–Trinajstić information content (AvgIpc) is 2.16. The van der Waals surface area contributed by atoms with Crippen LogP contribution in [0.2, 0.25) is 0 Å². The Morgan fingerprint density at radius 3 is 2.50 bits per heavy atom. The maximum atomic E-state index is 10.9. The first-order chi connectivity index (χ1) is 7.53. The SMILES string of the molecule is CC(C)C1CCCC(O)(C2(CO)CNC2)C1. The van der Waals surface area contributed by atoms with Crippen molar-refractivity contribution in [2.24, 2.45) is 17.3 Å². The van der Waals surface area contributed by atoms with Gasteiger partial charge in [0.05, 0.1) is 12.2 Å². The predicted molar refractivity (Wildman–Crippen MR) is 64.1 cm³/mol. The second-order valence-electron chi connectivity index (χ2n) is 6.17. The Morgan fingerprint density at radius 2 is 2.06 bits per heavy atom. The van der Waals surface area contributed by atoms with Gasteiger partial charge in [0, 0.05) is 18.5 Å². The van der Waals surface area contributed by atoms with Gasteiger partial charge in [-0.3, -0.25) is 0 Å². The van der Waals surface area contributed by atoms with Crippen molar-refractivity contribution in [2.75, 3.05) is 19.7 Å². The van der Waals surface area contributed by atoms with E-state index in [1.54, 1.807) is 0 Å². The van der Waals surface area contributed by atoms with Crippen LogP contribution >= 0.6 is 0 Å². The van der Waals surface area contributed by atoms with E-state index in [4.69, 9.17) is 0 Å². The lowest BCUT2D eigenvalue weighted by Gasteiger charge is -2.55. The topological polar surface area (TPSA) is 52.5 Å². The predicted octanol–water partition coefficient (Wildman–Crippen LogP) is 1.15. The van der Waals surface area contributed by atoms with Crippen LogP contribution in [0.4, 0.5) is 0 Å². The van der Waals surface area contributed by atoms with Gasteiger partial charge in [-0.15, -0.1) is 0 Å². The van der Waals surface area contributed by atoms with Gasteiger partial charge in [-0.2, -0.15) is 0 Å². The second kappa shape index (κ2) is 4.28. The van der Waals surface area contributed by atoms with Gasteiger partial charge in [-0.05, 0) is 31.1 Å². The first kappa shape index (κ1) is 12.3. The van der Waals surface area contributed by atoms with Crippen LogP contribution in [-0.4, -0.2) is 35.5 Å². The van der Waals surface area contributed by atoms with Gasteiger partial charge in [-0.1, -0.05) is 20.3 Å². The van der Waals surface area contributed by atoms with Crippen molar-refractivity contribution in [1.29, 1.82) is 0 Å². The van der Waals surface area contributed by atoms with Gasteiger partial charge in [0.15, 0.2) is 0 Å². The van der Waals surface area contributed by atoms with Crippen LogP contribution in [0.5, 0.6) is 0 Å². The molecule has 2 rings (SSSR count). The van der Waals surface area contributed by atoms with E-state index in [-0.39, 0.29) is 12.0 Å². The van der Waals surface area contributed by atoms with Crippen molar-refractivity contribution < 1.29 is 10.2 Å². The molecule has 1 heterocycles. The van der Waals surface area contributed by atoms with Gasteiger partial charge in [0.1, 0.15) is 0 Å². The highest BCUT2D eigenvalue weighted by molar-refractivity contribution is 5.08. The van der Waals surface area contributed by atoms with E-state index in [0.717, 1.165) is 32.4 Å². The average molecular weight is 227 g/mol. The number of aliphatic hydroxyl groups excluding tert-OH is 1. The van der Waals surface area contributed by atoms with Crippen molar-refractivity contribution in [1.82, 2.24) is 5.32 Å². The molecular weight excluding hydrogens is 202 g/mol. The maximum absolute atomic E-state index is 10.9. The van der Waals surface area contributed by atoms with Gasteiger partial charge in [-0.25, -0.2) is 0 Å². The van der Waals surface area contributed by atoms with E-state index in [9.17, 15) is 10.2 Å². The van der Waals surface area contributed by atoms with Crippen LogP contribution in [0.15, 0.2) is 0 Å². The summed E-state index contributed by atoms with van der Waals surface area (Å²) in [6, 6.07) is 0. The maximum Gasteiger partial charge on any atom is 0.0752 e. The molecule has 1 aliphatic carbocycles. The van der Waals surface area contributed by atoms with Crippen LogP contribution in [0.3, 0.4) is 0 Å². The standard InChI is InChI=1S/C13H25NO2/c1-10(2)11-4-3-5-13(16,6-11)12(9-15)7-14-8-12/h10-11,14-16H,3-9H2,1-2H3. The summed E-state index contributed by atoms with van der Waals surface area (Å²) in [4.78, 5) is 0. The minimum absolute atomic E-state index is 0.112. The number of hydrogen-bond acceptors (Lipinski definition) is 3. The third-order valence-electron chi connectivity index (χ3n) is 4.92. The fourth-order valence-electron chi connectivity index (χ4n) is 3.36. The van der Waals surface area contributed by atoms with Gasteiger partial charge < -0.3 is 15.5 Å². The first-order valence-corrected chi connectivity index (χ1v) is 6.57. The molecule has 0 aromatic heterocycles. The summed E-state index contributed by atoms with van der Waals surface area (Å²) in [5.41, 5.74) is -0.902. The molecule has 0 radical (unpaired) electrons. The van der Waals surface area contributed by atoms with E-state index in [2.05, 4.69) is 19.2 Å². The summed E-state index contributed by atoms with van der Waals surface area (Å²) >= 11 is 0. The van der Waals surface area contributed by atoms with E-state index in [1.807, 2.05) is 0 Å². The minimum Gasteiger partial charge on any atom is -0.396 e. The molecule has 0 bridgehead atoms. The van der Waals surface area contributed by atoms with Crippen molar-refractivity contribution in [2.45, 2.75) is 45.1 Å². The van der Waals surface area contributed by atoms with Crippen molar-refractivity contribution in [3.05, 3.63) is 0 Å². The van der Waals surface area contributed by atoms with Crippen molar-refractivity contribution >= 4 is 0 Å². The van der Waals surface area contributed by atoms with Crippen molar-refractivity contribution in [3.63, 3.8) is 0 Å². The Kier molecular flexibility index (Phi) is 3.30. The quantitative estimate of drug-likeness (QED) is 0.678. The molecule has 0 spiro atoms. The molecule has 94 valence electrons. The molecule has 0 aromatic rings. The number of nitrogens with one attached hydrogen (secondary N) is 1. The number of rotatable bonds is 3. The highest BCUT2D eigenvalue weighted by atomic mass is 16.3. The van der Waals surface area contributed by atoms with Gasteiger partial charge >= 0.3 is 0 Å². The molecule has 2 fully saturated rings. The second-order valence-corrected chi connectivity index (χ2v) is 6.17. The Morgan fingerprint density at radius 1 is 1.38 bits per heavy atom. The molecular formula is C13H25NO2. The van der Waals surface area contributed by atoms with Crippen LogP contribution in [-0.2, 0) is 0 Å². The fraction of sp³-hybridized carbons (Fsp3) is 1.00. The summed E-state index contributed by atoms with van der Waals surface area (Å²) < 4.78 is 0. The molecule has 1 saturated heterocycles. The molecule has 16 heavy (non-hydrogen) atoms. The van der Waals surface area contributed by atoms with E-state index < -0.39 is 5.60 Å². The lowest BCUT2D eigenvalue weighted by atomic mass is 9.59. The molecule has 0 aromatic carbocycles. The minimum atomic E-state index is -0.639. The Balaban J connectivity index is 2.11.